The van der Waals surface area contributed by atoms with Gasteiger partial charge in [0, 0.05) is 18.5 Å². The van der Waals surface area contributed by atoms with Crippen molar-refractivity contribution in [2.75, 3.05) is 6.61 Å². The third-order valence-corrected chi connectivity index (χ3v) is 7.35. The molecule has 1 amide bonds. The molecule has 0 aliphatic carbocycles. The summed E-state index contributed by atoms with van der Waals surface area (Å²) >= 11 is 0. The first-order valence-corrected chi connectivity index (χ1v) is 14.0. The summed E-state index contributed by atoms with van der Waals surface area (Å²) in [4.78, 5) is 34.5. The Labute approximate surface area is 240 Å². The van der Waals surface area contributed by atoms with Crippen molar-refractivity contribution >= 4 is 33.4 Å². The Morgan fingerprint density at radius 2 is 1.41 bits per heavy atom. The van der Waals surface area contributed by atoms with Crippen LogP contribution in [0.2, 0.25) is 0 Å². The molecule has 0 bridgehead atoms. The number of carbonyl (C=O) groups is 2. The molecule has 0 spiro atoms. The monoisotopic (exact) mass is 545 g/mol. The molecule has 0 aliphatic heterocycles. The van der Waals surface area contributed by atoms with Gasteiger partial charge >= 0.3 is 5.97 Å². The Morgan fingerprint density at radius 3 is 1.98 bits per heavy atom. The molecule has 6 heteroatoms. The van der Waals surface area contributed by atoms with Crippen molar-refractivity contribution in [1.82, 2.24) is 15.3 Å². The van der Waals surface area contributed by atoms with E-state index in [0.717, 1.165) is 38.2 Å². The van der Waals surface area contributed by atoms with Crippen molar-refractivity contribution in [3.8, 4) is 0 Å². The second-order valence-electron chi connectivity index (χ2n) is 10.6. The van der Waals surface area contributed by atoms with Crippen LogP contribution in [0.3, 0.4) is 0 Å². The van der Waals surface area contributed by atoms with Crippen LogP contribution in [0.1, 0.15) is 30.7 Å². The number of nitrogens with one attached hydrogen (secondary N) is 2. The molecule has 1 unspecified atom stereocenters. The van der Waals surface area contributed by atoms with Crippen LogP contribution in [0.15, 0.2) is 109 Å². The van der Waals surface area contributed by atoms with Gasteiger partial charge < -0.3 is 15.0 Å². The minimum atomic E-state index is -0.862. The van der Waals surface area contributed by atoms with Gasteiger partial charge in [0.2, 0.25) is 5.91 Å². The number of rotatable bonds is 11. The molecule has 2 N–H and O–H groups in total. The van der Waals surface area contributed by atoms with Gasteiger partial charge in [-0.15, -0.1) is 0 Å². The van der Waals surface area contributed by atoms with Gasteiger partial charge in [0.05, 0.1) is 12.0 Å². The molecule has 0 saturated carbocycles. The summed E-state index contributed by atoms with van der Waals surface area (Å²) in [7, 11) is 0. The molecular weight excluding hydrogens is 510 g/mol. The van der Waals surface area contributed by atoms with Crippen molar-refractivity contribution in [3.63, 3.8) is 0 Å². The second kappa shape index (κ2) is 13.1. The molecule has 0 aliphatic rings. The normalized spacial score (nSPS) is 11.9. The number of amides is 1. The van der Waals surface area contributed by atoms with Crippen LogP contribution in [0, 0.1) is 5.92 Å². The Kier molecular flexibility index (Phi) is 8.89. The quantitative estimate of drug-likeness (QED) is 0.150. The van der Waals surface area contributed by atoms with Crippen LogP contribution in [0.4, 0.5) is 0 Å². The van der Waals surface area contributed by atoms with E-state index in [4.69, 9.17) is 4.74 Å². The summed E-state index contributed by atoms with van der Waals surface area (Å²) in [6.45, 7) is 4.05. The predicted molar refractivity (Wildman–Crippen MR) is 163 cm³/mol. The van der Waals surface area contributed by atoms with Gasteiger partial charge in [0.1, 0.15) is 12.6 Å². The molecule has 0 saturated heterocycles. The highest BCUT2D eigenvalue weighted by Crippen LogP contribution is 2.26. The van der Waals surface area contributed by atoms with Gasteiger partial charge in [0.25, 0.3) is 0 Å². The fourth-order valence-corrected chi connectivity index (χ4v) is 5.22. The average molecular weight is 546 g/mol. The number of fused-ring (bicyclic) bond motifs is 2. The lowest BCUT2D eigenvalue weighted by atomic mass is 9.87. The van der Waals surface area contributed by atoms with Crippen molar-refractivity contribution in [2.24, 2.45) is 5.92 Å². The van der Waals surface area contributed by atoms with Crippen LogP contribution in [0.5, 0.6) is 0 Å². The van der Waals surface area contributed by atoms with E-state index in [0.29, 0.717) is 18.5 Å². The number of aromatic nitrogens is 2. The third kappa shape index (κ3) is 7.09. The fourth-order valence-electron chi connectivity index (χ4n) is 5.22. The molecule has 5 rings (SSSR count). The van der Waals surface area contributed by atoms with Crippen LogP contribution < -0.4 is 5.32 Å². The van der Waals surface area contributed by atoms with Crippen molar-refractivity contribution in [3.05, 3.63) is 126 Å². The van der Waals surface area contributed by atoms with Gasteiger partial charge in [-0.2, -0.15) is 0 Å². The number of allylic oxidation sites excluding steroid dienone is 1. The maximum absolute atomic E-state index is 14.1. The number of nitrogens with zero attached hydrogens (tertiary/aromatic N) is 1. The van der Waals surface area contributed by atoms with E-state index in [1.807, 2.05) is 56.3 Å². The standard InChI is InChI=1S/C35H35N3O3/c1-24(2)17-18-41-35(40)33(21-30-22-36-23-37-30)38-34(39)29(19-27-13-7-11-25-9-3-5-15-31(25)27)20-28-14-8-12-26-10-4-6-16-32(26)28/h3-17,22-23,29,33H,18-21H2,1-2H3,(H,36,37)(H,38,39). The van der Waals surface area contributed by atoms with E-state index in [9.17, 15) is 9.59 Å². The first-order valence-electron chi connectivity index (χ1n) is 14.0. The summed E-state index contributed by atoms with van der Waals surface area (Å²) in [5.74, 6) is -1.09. The Morgan fingerprint density at radius 1 is 0.829 bits per heavy atom. The van der Waals surface area contributed by atoms with Crippen molar-refractivity contribution < 1.29 is 14.3 Å². The molecule has 1 aromatic heterocycles. The highest BCUT2D eigenvalue weighted by molar-refractivity contribution is 5.90. The van der Waals surface area contributed by atoms with E-state index in [2.05, 4.69) is 63.8 Å². The summed E-state index contributed by atoms with van der Waals surface area (Å²) in [5, 5.41) is 7.56. The number of hydrogen-bond donors (Lipinski definition) is 2. The van der Waals surface area contributed by atoms with Crippen LogP contribution >= 0.6 is 0 Å². The molecule has 6 nitrogen and oxygen atoms in total. The molecule has 5 aromatic rings. The lowest BCUT2D eigenvalue weighted by Crippen LogP contribution is -2.46. The van der Waals surface area contributed by atoms with Gasteiger partial charge in [-0.25, -0.2) is 9.78 Å². The summed E-state index contributed by atoms with van der Waals surface area (Å²) < 4.78 is 5.53. The third-order valence-electron chi connectivity index (χ3n) is 7.35. The van der Waals surface area contributed by atoms with E-state index < -0.39 is 17.9 Å². The first kappa shape index (κ1) is 27.8. The van der Waals surface area contributed by atoms with Crippen molar-refractivity contribution in [1.29, 1.82) is 0 Å². The zero-order chi connectivity index (χ0) is 28.6. The molecule has 4 aromatic carbocycles. The molecule has 1 atom stereocenters. The van der Waals surface area contributed by atoms with E-state index in [1.165, 1.54) is 0 Å². The maximum atomic E-state index is 14.1. The lowest BCUT2D eigenvalue weighted by Gasteiger charge is -2.23. The Balaban J connectivity index is 1.46. The minimum absolute atomic E-state index is 0.156. The smallest absolute Gasteiger partial charge is 0.329 e. The molecule has 0 fully saturated rings. The number of H-pyrrole nitrogens is 1. The van der Waals surface area contributed by atoms with Gasteiger partial charge in [-0.1, -0.05) is 90.5 Å². The van der Waals surface area contributed by atoms with E-state index in [-0.39, 0.29) is 18.9 Å². The van der Waals surface area contributed by atoms with Crippen LogP contribution in [0.25, 0.3) is 21.5 Å². The molecule has 41 heavy (non-hydrogen) atoms. The number of benzene rings is 4. The van der Waals surface area contributed by atoms with Crippen LogP contribution in [-0.2, 0) is 33.6 Å². The lowest BCUT2D eigenvalue weighted by molar-refractivity contribution is -0.147. The Bertz CT molecular complexity index is 1580. The minimum Gasteiger partial charge on any atom is -0.460 e. The largest absolute Gasteiger partial charge is 0.460 e. The van der Waals surface area contributed by atoms with Gasteiger partial charge in [0.15, 0.2) is 0 Å². The van der Waals surface area contributed by atoms with Crippen LogP contribution in [-0.4, -0.2) is 34.5 Å². The number of esters is 1. The SMILES string of the molecule is CC(C)=CCOC(=O)C(Cc1c[nH]cn1)NC(=O)C(Cc1cccc2ccccc12)Cc1cccc2ccccc12. The summed E-state index contributed by atoms with van der Waals surface area (Å²) in [6, 6.07) is 28.0. The highest BCUT2D eigenvalue weighted by Gasteiger charge is 2.28. The molecule has 1 heterocycles. The van der Waals surface area contributed by atoms with Gasteiger partial charge in [-0.3, -0.25) is 4.79 Å². The zero-order valence-corrected chi connectivity index (χ0v) is 23.5. The van der Waals surface area contributed by atoms with Gasteiger partial charge in [-0.05, 0) is 65.4 Å². The number of hydrogen-bond acceptors (Lipinski definition) is 4. The first-order chi connectivity index (χ1) is 20.0. The number of carbonyl (C=O) groups excluding carboxylic acids is 2. The predicted octanol–water partition coefficient (Wildman–Crippen LogP) is 6.35. The average Bonchev–Trinajstić information content (AvgIpc) is 3.50. The molecular formula is C35H35N3O3. The number of ether oxygens (including phenoxy) is 1. The van der Waals surface area contributed by atoms with Crippen molar-refractivity contribution in [2.45, 2.75) is 39.2 Å². The second-order valence-corrected chi connectivity index (χ2v) is 10.6. The maximum Gasteiger partial charge on any atom is 0.329 e. The molecule has 0 radical (unpaired) electrons. The van der Waals surface area contributed by atoms with E-state index in [1.54, 1.807) is 12.5 Å². The molecule has 208 valence electrons. The summed E-state index contributed by atoms with van der Waals surface area (Å²) in [5.41, 5.74) is 3.92. The number of imidazole rings is 1. The summed E-state index contributed by atoms with van der Waals surface area (Å²) in [6.07, 6.45) is 6.42. The Hall–Kier alpha value is -4.71. The fraction of sp³-hybridized carbons (Fsp3) is 0.229. The van der Waals surface area contributed by atoms with E-state index >= 15 is 0 Å². The number of aromatic amines is 1. The highest BCUT2D eigenvalue weighted by atomic mass is 16.5. The topological polar surface area (TPSA) is 84.1 Å². The zero-order valence-electron chi connectivity index (χ0n) is 23.5.